The maximum Gasteiger partial charge on any atom is 0.264 e. The van der Waals surface area contributed by atoms with Gasteiger partial charge >= 0.3 is 0 Å². The molecule has 2 heterocycles. The molecule has 26 heavy (non-hydrogen) atoms. The van der Waals surface area contributed by atoms with Crippen molar-refractivity contribution in [3.63, 3.8) is 0 Å². The van der Waals surface area contributed by atoms with Crippen molar-refractivity contribution in [3.05, 3.63) is 52.2 Å². The van der Waals surface area contributed by atoms with Gasteiger partial charge in [-0.15, -0.1) is 11.3 Å². The Hall–Kier alpha value is -2.38. The van der Waals surface area contributed by atoms with Crippen molar-refractivity contribution >= 4 is 23.2 Å². The number of hydrogen-bond donors (Lipinski definition) is 1. The molecule has 0 bridgehead atoms. The highest BCUT2D eigenvalue weighted by Crippen LogP contribution is 2.14. The van der Waals surface area contributed by atoms with E-state index < -0.39 is 0 Å². The van der Waals surface area contributed by atoms with Crippen molar-refractivity contribution in [1.82, 2.24) is 15.1 Å². The van der Waals surface area contributed by atoms with Crippen molar-refractivity contribution in [3.8, 4) is 5.75 Å². The summed E-state index contributed by atoms with van der Waals surface area (Å²) in [4.78, 5) is 29.4. The van der Waals surface area contributed by atoms with E-state index in [2.05, 4.69) is 10.2 Å². The number of hydrogen-bond acceptors (Lipinski definition) is 5. The van der Waals surface area contributed by atoms with Gasteiger partial charge in [0.15, 0.2) is 0 Å². The fourth-order valence-corrected chi connectivity index (χ4v) is 3.59. The number of nitrogens with zero attached hydrogens (tertiary/aromatic N) is 2. The molecule has 0 aliphatic carbocycles. The van der Waals surface area contributed by atoms with E-state index in [1.165, 1.54) is 11.3 Å². The molecule has 0 radical (unpaired) electrons. The summed E-state index contributed by atoms with van der Waals surface area (Å²) in [6.07, 6.45) is 0. The lowest BCUT2D eigenvalue weighted by Crippen LogP contribution is -2.50. The quantitative estimate of drug-likeness (QED) is 0.841. The number of amides is 2. The Bertz CT molecular complexity index is 723. The Kier molecular flexibility index (Phi) is 6.25. The van der Waals surface area contributed by atoms with Crippen LogP contribution in [0.4, 0.5) is 0 Å². The molecule has 0 atom stereocenters. The van der Waals surface area contributed by atoms with Gasteiger partial charge in [0.1, 0.15) is 5.75 Å². The van der Waals surface area contributed by atoms with E-state index in [4.69, 9.17) is 4.74 Å². The molecule has 1 N–H and O–H groups in total. The molecule has 7 heteroatoms. The van der Waals surface area contributed by atoms with Crippen LogP contribution >= 0.6 is 11.3 Å². The zero-order valence-corrected chi connectivity index (χ0v) is 15.6. The van der Waals surface area contributed by atoms with E-state index in [1.807, 2.05) is 22.4 Å². The lowest BCUT2D eigenvalue weighted by Gasteiger charge is -2.34. The van der Waals surface area contributed by atoms with Gasteiger partial charge in [-0.2, -0.15) is 0 Å². The van der Waals surface area contributed by atoms with Gasteiger partial charge in [0, 0.05) is 44.8 Å². The summed E-state index contributed by atoms with van der Waals surface area (Å²) < 4.78 is 5.09. The van der Waals surface area contributed by atoms with Crippen LogP contribution in [0.25, 0.3) is 0 Å². The molecule has 1 saturated heterocycles. The van der Waals surface area contributed by atoms with Crippen LogP contribution in [0.5, 0.6) is 5.75 Å². The van der Waals surface area contributed by atoms with Crippen LogP contribution in [-0.4, -0.2) is 68.0 Å². The highest BCUT2D eigenvalue weighted by atomic mass is 32.1. The number of rotatable bonds is 6. The fraction of sp³-hybridized carbons (Fsp3) is 0.368. The zero-order chi connectivity index (χ0) is 18.4. The second kappa shape index (κ2) is 8.82. The molecule has 2 aromatic rings. The first-order valence-corrected chi connectivity index (χ1v) is 9.53. The molecule has 1 aliphatic heterocycles. The predicted octanol–water partition coefficient (Wildman–Crippen LogP) is 1.94. The molecule has 6 nitrogen and oxygen atoms in total. The molecule has 0 unspecified atom stereocenters. The van der Waals surface area contributed by atoms with Crippen molar-refractivity contribution in [1.29, 1.82) is 0 Å². The first-order chi connectivity index (χ1) is 12.7. The van der Waals surface area contributed by atoms with E-state index >= 15 is 0 Å². The van der Waals surface area contributed by atoms with Crippen molar-refractivity contribution in [2.24, 2.45) is 0 Å². The molecule has 2 amide bonds. The third-order valence-electron chi connectivity index (χ3n) is 4.46. The average Bonchev–Trinajstić information content (AvgIpc) is 3.23. The zero-order valence-electron chi connectivity index (χ0n) is 14.8. The van der Waals surface area contributed by atoms with Gasteiger partial charge in [0.2, 0.25) is 0 Å². The third-order valence-corrected chi connectivity index (χ3v) is 5.32. The van der Waals surface area contributed by atoms with E-state index in [1.54, 1.807) is 31.4 Å². The summed E-state index contributed by atoms with van der Waals surface area (Å²) in [6, 6.07) is 10.8. The van der Waals surface area contributed by atoms with Crippen LogP contribution in [0.2, 0.25) is 0 Å². The van der Waals surface area contributed by atoms with Crippen LogP contribution in [0.3, 0.4) is 0 Å². The lowest BCUT2D eigenvalue weighted by atomic mass is 10.2. The highest BCUT2D eigenvalue weighted by molar-refractivity contribution is 7.12. The number of carbonyl (C=O) groups is 2. The molecule has 0 spiro atoms. The molecule has 3 rings (SSSR count). The van der Waals surface area contributed by atoms with Crippen molar-refractivity contribution < 1.29 is 14.3 Å². The summed E-state index contributed by atoms with van der Waals surface area (Å²) >= 11 is 1.48. The molecule has 1 aliphatic rings. The smallest absolute Gasteiger partial charge is 0.264 e. The van der Waals surface area contributed by atoms with Crippen molar-refractivity contribution in [2.75, 3.05) is 46.4 Å². The summed E-state index contributed by atoms with van der Waals surface area (Å²) in [5, 5.41) is 4.87. The van der Waals surface area contributed by atoms with Crippen LogP contribution in [-0.2, 0) is 0 Å². The molecule has 1 aromatic carbocycles. The number of nitrogens with one attached hydrogen (secondary N) is 1. The number of thiophene rings is 1. The highest BCUT2D eigenvalue weighted by Gasteiger charge is 2.22. The number of carbonyl (C=O) groups excluding carboxylic acids is 2. The minimum absolute atomic E-state index is 0.0841. The first kappa shape index (κ1) is 18.4. The molecule has 0 saturated carbocycles. The number of benzene rings is 1. The van der Waals surface area contributed by atoms with Gasteiger partial charge in [-0.25, -0.2) is 0 Å². The Labute approximate surface area is 157 Å². The van der Waals surface area contributed by atoms with Gasteiger partial charge < -0.3 is 15.0 Å². The maximum absolute atomic E-state index is 12.3. The Morgan fingerprint density at radius 2 is 1.85 bits per heavy atom. The molecular weight excluding hydrogens is 350 g/mol. The average molecular weight is 373 g/mol. The summed E-state index contributed by atoms with van der Waals surface area (Å²) in [6.45, 7) is 4.48. The van der Waals surface area contributed by atoms with Crippen molar-refractivity contribution in [2.45, 2.75) is 0 Å². The SMILES string of the molecule is COc1ccc(C(=O)NCCN2CCN(C(=O)c3cccs3)CC2)cc1. The Morgan fingerprint density at radius 1 is 1.12 bits per heavy atom. The van der Waals surface area contributed by atoms with Gasteiger partial charge in [0.25, 0.3) is 11.8 Å². The Morgan fingerprint density at radius 3 is 2.46 bits per heavy atom. The summed E-state index contributed by atoms with van der Waals surface area (Å²) in [7, 11) is 1.60. The first-order valence-electron chi connectivity index (χ1n) is 8.65. The van der Waals surface area contributed by atoms with E-state index in [9.17, 15) is 9.59 Å². The molecule has 138 valence electrons. The monoisotopic (exact) mass is 373 g/mol. The maximum atomic E-state index is 12.3. The molecular formula is C19H23N3O3S. The minimum Gasteiger partial charge on any atom is -0.497 e. The molecule has 1 aromatic heterocycles. The van der Waals surface area contributed by atoms with Crippen LogP contribution in [0, 0.1) is 0 Å². The second-order valence-corrected chi connectivity index (χ2v) is 7.04. The fourth-order valence-electron chi connectivity index (χ4n) is 2.90. The second-order valence-electron chi connectivity index (χ2n) is 6.10. The van der Waals surface area contributed by atoms with Crippen LogP contribution in [0.15, 0.2) is 41.8 Å². The molecule has 1 fully saturated rings. The topological polar surface area (TPSA) is 61.9 Å². The number of methoxy groups -OCH3 is 1. The standard InChI is InChI=1S/C19H23N3O3S/c1-25-16-6-4-15(5-7-16)18(23)20-8-9-21-10-12-22(13-11-21)19(24)17-3-2-14-26-17/h2-7,14H,8-13H2,1H3,(H,20,23). The largest absolute Gasteiger partial charge is 0.497 e. The number of piperazine rings is 1. The van der Waals surface area contributed by atoms with Crippen LogP contribution in [0.1, 0.15) is 20.0 Å². The van der Waals surface area contributed by atoms with Gasteiger partial charge in [-0.05, 0) is 35.7 Å². The minimum atomic E-state index is -0.0841. The normalized spacial score (nSPS) is 14.9. The van der Waals surface area contributed by atoms with Gasteiger partial charge in [0.05, 0.1) is 12.0 Å². The summed E-state index contributed by atoms with van der Waals surface area (Å²) in [5.41, 5.74) is 0.622. The number of ether oxygens (including phenoxy) is 1. The third kappa shape index (κ3) is 4.62. The van der Waals surface area contributed by atoms with E-state index in [0.717, 1.165) is 43.4 Å². The lowest BCUT2D eigenvalue weighted by molar-refractivity contribution is 0.0643. The Balaban J connectivity index is 1.38. The van der Waals surface area contributed by atoms with E-state index in [0.29, 0.717) is 12.1 Å². The van der Waals surface area contributed by atoms with Gasteiger partial charge in [-0.1, -0.05) is 6.07 Å². The van der Waals surface area contributed by atoms with Gasteiger partial charge in [-0.3, -0.25) is 14.5 Å². The summed E-state index contributed by atoms with van der Waals surface area (Å²) in [5.74, 6) is 0.767. The van der Waals surface area contributed by atoms with E-state index in [-0.39, 0.29) is 11.8 Å². The van der Waals surface area contributed by atoms with Crippen LogP contribution < -0.4 is 10.1 Å². The predicted molar refractivity (Wildman–Crippen MR) is 102 cm³/mol.